The Kier molecular flexibility index (Phi) is 4.06. The summed E-state index contributed by atoms with van der Waals surface area (Å²) in [4.78, 5) is 0. The average molecular weight is 233 g/mol. The number of hydrogen-bond acceptors (Lipinski definition) is 2. The van der Waals surface area contributed by atoms with Gasteiger partial charge in [0, 0.05) is 6.04 Å². The fraction of sp³-hybridized carbons (Fsp3) is 0.600. The van der Waals surface area contributed by atoms with E-state index in [1.807, 2.05) is 0 Å². The van der Waals surface area contributed by atoms with Gasteiger partial charge in [-0.2, -0.15) is 0 Å². The SMILES string of the molecule is COc1ccc(C)cc1CC1CCCC(N)C1. The summed E-state index contributed by atoms with van der Waals surface area (Å²) in [5.74, 6) is 1.75. The quantitative estimate of drug-likeness (QED) is 0.871. The molecule has 0 aromatic heterocycles. The molecule has 0 heterocycles. The van der Waals surface area contributed by atoms with Gasteiger partial charge in [-0.15, -0.1) is 0 Å². The molecule has 17 heavy (non-hydrogen) atoms. The van der Waals surface area contributed by atoms with Gasteiger partial charge in [-0.3, -0.25) is 0 Å². The summed E-state index contributed by atoms with van der Waals surface area (Å²) >= 11 is 0. The van der Waals surface area contributed by atoms with Crippen molar-refractivity contribution in [1.82, 2.24) is 0 Å². The Hall–Kier alpha value is -1.02. The topological polar surface area (TPSA) is 35.2 Å². The zero-order chi connectivity index (χ0) is 12.3. The van der Waals surface area contributed by atoms with Gasteiger partial charge >= 0.3 is 0 Å². The van der Waals surface area contributed by atoms with E-state index in [1.54, 1.807) is 7.11 Å². The largest absolute Gasteiger partial charge is 0.496 e. The maximum Gasteiger partial charge on any atom is 0.122 e. The smallest absolute Gasteiger partial charge is 0.122 e. The summed E-state index contributed by atoms with van der Waals surface area (Å²) in [6, 6.07) is 6.84. The van der Waals surface area contributed by atoms with Gasteiger partial charge in [-0.05, 0) is 43.7 Å². The van der Waals surface area contributed by atoms with E-state index in [0.717, 1.165) is 24.5 Å². The maximum absolute atomic E-state index is 6.05. The highest BCUT2D eigenvalue weighted by Gasteiger charge is 2.20. The summed E-state index contributed by atoms with van der Waals surface area (Å²) in [5, 5.41) is 0. The molecule has 94 valence electrons. The van der Waals surface area contributed by atoms with Crippen LogP contribution < -0.4 is 10.5 Å². The zero-order valence-corrected chi connectivity index (χ0v) is 10.9. The van der Waals surface area contributed by atoms with Crippen LogP contribution in [0.15, 0.2) is 18.2 Å². The van der Waals surface area contributed by atoms with Crippen LogP contribution in [-0.4, -0.2) is 13.2 Å². The molecule has 1 aromatic rings. The summed E-state index contributed by atoms with van der Waals surface area (Å²) in [6.07, 6.45) is 6.06. The number of aryl methyl sites for hydroxylation is 1. The molecule has 0 radical (unpaired) electrons. The van der Waals surface area contributed by atoms with Crippen LogP contribution in [0.5, 0.6) is 5.75 Å². The van der Waals surface area contributed by atoms with Gasteiger partial charge in [-0.25, -0.2) is 0 Å². The summed E-state index contributed by atoms with van der Waals surface area (Å²) in [7, 11) is 1.75. The first-order valence-corrected chi connectivity index (χ1v) is 6.58. The van der Waals surface area contributed by atoms with Crippen molar-refractivity contribution in [3.05, 3.63) is 29.3 Å². The third-order valence-electron chi connectivity index (χ3n) is 3.77. The highest BCUT2D eigenvalue weighted by molar-refractivity contribution is 5.37. The van der Waals surface area contributed by atoms with Gasteiger partial charge < -0.3 is 10.5 Å². The second-order valence-electron chi connectivity index (χ2n) is 5.31. The summed E-state index contributed by atoms with van der Waals surface area (Å²) in [5.41, 5.74) is 8.69. The van der Waals surface area contributed by atoms with Crippen LogP contribution >= 0.6 is 0 Å². The van der Waals surface area contributed by atoms with E-state index in [4.69, 9.17) is 10.5 Å². The molecule has 1 aliphatic rings. The highest BCUT2D eigenvalue weighted by Crippen LogP contribution is 2.30. The first-order valence-electron chi connectivity index (χ1n) is 6.58. The van der Waals surface area contributed by atoms with E-state index >= 15 is 0 Å². The average Bonchev–Trinajstić information content (AvgIpc) is 2.29. The van der Waals surface area contributed by atoms with Crippen LogP contribution in [0.3, 0.4) is 0 Å². The Labute approximate surface area is 104 Å². The van der Waals surface area contributed by atoms with E-state index in [-0.39, 0.29) is 0 Å². The van der Waals surface area contributed by atoms with Gasteiger partial charge in [0.25, 0.3) is 0 Å². The molecule has 0 aliphatic heterocycles. The van der Waals surface area contributed by atoms with Crippen molar-refractivity contribution in [3.8, 4) is 5.75 Å². The minimum absolute atomic E-state index is 0.407. The van der Waals surface area contributed by atoms with Gasteiger partial charge in [0.1, 0.15) is 5.75 Å². The van der Waals surface area contributed by atoms with Crippen molar-refractivity contribution in [2.45, 2.75) is 45.1 Å². The van der Waals surface area contributed by atoms with Crippen molar-refractivity contribution in [2.24, 2.45) is 11.7 Å². The molecular weight excluding hydrogens is 210 g/mol. The fourth-order valence-corrected chi connectivity index (χ4v) is 2.90. The summed E-state index contributed by atoms with van der Waals surface area (Å²) in [6.45, 7) is 2.13. The number of hydrogen-bond donors (Lipinski definition) is 1. The molecule has 1 fully saturated rings. The number of nitrogens with two attached hydrogens (primary N) is 1. The van der Waals surface area contributed by atoms with Crippen LogP contribution in [0.2, 0.25) is 0 Å². The first-order chi connectivity index (χ1) is 8.19. The lowest BCUT2D eigenvalue weighted by atomic mass is 9.82. The molecule has 0 saturated heterocycles. The van der Waals surface area contributed by atoms with E-state index < -0.39 is 0 Å². The second-order valence-corrected chi connectivity index (χ2v) is 5.31. The third-order valence-corrected chi connectivity index (χ3v) is 3.77. The van der Waals surface area contributed by atoms with E-state index in [9.17, 15) is 0 Å². The molecule has 0 spiro atoms. The van der Waals surface area contributed by atoms with Gasteiger partial charge in [0.15, 0.2) is 0 Å². The van der Waals surface area contributed by atoms with Crippen LogP contribution in [0.25, 0.3) is 0 Å². The third kappa shape index (κ3) is 3.22. The molecule has 2 N–H and O–H groups in total. The van der Waals surface area contributed by atoms with E-state index in [0.29, 0.717) is 6.04 Å². The second kappa shape index (κ2) is 5.54. The Bertz CT molecular complexity index is 375. The van der Waals surface area contributed by atoms with E-state index in [1.165, 1.54) is 30.4 Å². The fourth-order valence-electron chi connectivity index (χ4n) is 2.90. The predicted octanol–water partition coefficient (Wildman–Crippen LogP) is 3.06. The van der Waals surface area contributed by atoms with E-state index in [2.05, 4.69) is 25.1 Å². The highest BCUT2D eigenvalue weighted by atomic mass is 16.5. The van der Waals surface area contributed by atoms with Crippen molar-refractivity contribution in [2.75, 3.05) is 7.11 Å². The molecule has 2 unspecified atom stereocenters. The molecule has 2 atom stereocenters. The molecule has 2 rings (SSSR count). The lowest BCUT2D eigenvalue weighted by Crippen LogP contribution is -2.28. The van der Waals surface area contributed by atoms with Crippen LogP contribution in [0.1, 0.15) is 36.8 Å². The van der Waals surface area contributed by atoms with Gasteiger partial charge in [-0.1, -0.05) is 30.5 Å². The molecule has 1 aliphatic carbocycles. The normalized spacial score (nSPS) is 24.6. The molecule has 0 amide bonds. The Morgan fingerprint density at radius 1 is 1.35 bits per heavy atom. The standard InChI is InChI=1S/C15H23NO/c1-11-6-7-15(17-2)13(8-11)9-12-4-3-5-14(16)10-12/h6-8,12,14H,3-5,9-10,16H2,1-2H3. The minimum Gasteiger partial charge on any atom is -0.496 e. The number of benzene rings is 1. The van der Waals surface area contributed by atoms with Gasteiger partial charge in [0.05, 0.1) is 7.11 Å². The first kappa shape index (κ1) is 12.4. The predicted molar refractivity (Wildman–Crippen MR) is 71.4 cm³/mol. The van der Waals surface area contributed by atoms with Crippen LogP contribution in [0.4, 0.5) is 0 Å². The van der Waals surface area contributed by atoms with Crippen LogP contribution in [0, 0.1) is 12.8 Å². The van der Waals surface area contributed by atoms with Crippen molar-refractivity contribution >= 4 is 0 Å². The van der Waals surface area contributed by atoms with Crippen molar-refractivity contribution < 1.29 is 4.74 Å². The Balaban J connectivity index is 2.08. The zero-order valence-electron chi connectivity index (χ0n) is 10.9. The number of ether oxygens (including phenoxy) is 1. The number of methoxy groups -OCH3 is 1. The van der Waals surface area contributed by atoms with Crippen molar-refractivity contribution in [3.63, 3.8) is 0 Å². The maximum atomic E-state index is 6.05. The minimum atomic E-state index is 0.407. The lowest BCUT2D eigenvalue weighted by Gasteiger charge is -2.27. The molecule has 1 aromatic carbocycles. The van der Waals surface area contributed by atoms with Gasteiger partial charge in [0.2, 0.25) is 0 Å². The molecule has 2 heteroatoms. The molecular formula is C15H23NO. The van der Waals surface area contributed by atoms with Crippen LogP contribution in [-0.2, 0) is 6.42 Å². The van der Waals surface area contributed by atoms with Crippen molar-refractivity contribution in [1.29, 1.82) is 0 Å². The lowest BCUT2D eigenvalue weighted by molar-refractivity contribution is 0.316. The number of rotatable bonds is 3. The monoisotopic (exact) mass is 233 g/mol. The summed E-state index contributed by atoms with van der Waals surface area (Å²) < 4.78 is 5.44. The molecule has 2 nitrogen and oxygen atoms in total. The Morgan fingerprint density at radius 3 is 2.88 bits per heavy atom. The molecule has 1 saturated carbocycles. The Morgan fingerprint density at radius 2 is 2.18 bits per heavy atom. The molecule has 0 bridgehead atoms.